The summed E-state index contributed by atoms with van der Waals surface area (Å²) >= 11 is 0. The maximum Gasteiger partial charge on any atom is 0.336 e. The number of carbonyl (C=O) groups is 3. The fraction of sp³-hybridized carbons (Fsp3) is 0.500. The molecule has 130 valence electrons. The van der Waals surface area contributed by atoms with Crippen LogP contribution in [-0.2, 0) is 4.79 Å². The molecular weight excluding hydrogens is 308 g/mol. The number of carboxylic acids is 1. The number of likely N-dealkylation sites (tertiary alicyclic amines) is 1. The number of nitrogens with zero attached hydrogens (tertiary/aromatic N) is 1. The number of amides is 2. The van der Waals surface area contributed by atoms with E-state index in [9.17, 15) is 19.5 Å². The quantitative estimate of drug-likeness (QED) is 0.837. The van der Waals surface area contributed by atoms with Gasteiger partial charge in [0.05, 0.1) is 11.1 Å². The van der Waals surface area contributed by atoms with Crippen LogP contribution in [0.25, 0.3) is 0 Å². The molecule has 6 heteroatoms. The van der Waals surface area contributed by atoms with Crippen molar-refractivity contribution < 1.29 is 19.5 Å². The first-order valence-corrected chi connectivity index (χ1v) is 8.44. The number of carbonyl (C=O) groups excluding carboxylic acids is 2. The van der Waals surface area contributed by atoms with Crippen LogP contribution >= 0.6 is 0 Å². The number of nitrogens with one attached hydrogen (secondary N) is 1. The molecule has 2 rings (SSSR count). The number of carboxylic acid groups (broad SMARTS) is 1. The lowest BCUT2D eigenvalue weighted by Gasteiger charge is -2.32. The molecule has 0 unspecified atom stereocenters. The Labute approximate surface area is 141 Å². The number of aromatic carboxylic acids is 1. The second-order valence-corrected chi connectivity index (χ2v) is 6.09. The van der Waals surface area contributed by atoms with E-state index >= 15 is 0 Å². The van der Waals surface area contributed by atoms with Gasteiger partial charge in [-0.3, -0.25) is 9.59 Å². The minimum absolute atomic E-state index is 0.0255. The van der Waals surface area contributed by atoms with Crippen LogP contribution in [0.1, 0.15) is 59.7 Å². The Morgan fingerprint density at radius 3 is 2.38 bits per heavy atom. The van der Waals surface area contributed by atoms with Crippen LogP contribution in [0.4, 0.5) is 0 Å². The van der Waals surface area contributed by atoms with Gasteiger partial charge in [0.1, 0.15) is 0 Å². The van der Waals surface area contributed by atoms with Gasteiger partial charge in [0.25, 0.3) is 5.91 Å². The molecule has 1 fully saturated rings. The van der Waals surface area contributed by atoms with E-state index in [-0.39, 0.29) is 29.0 Å². The Morgan fingerprint density at radius 1 is 1.17 bits per heavy atom. The predicted octanol–water partition coefficient (Wildman–Crippen LogP) is 2.30. The second kappa shape index (κ2) is 8.47. The minimum Gasteiger partial charge on any atom is -0.478 e. The average Bonchev–Trinajstić information content (AvgIpc) is 2.60. The maximum absolute atomic E-state index is 12.6. The molecule has 0 aromatic heterocycles. The van der Waals surface area contributed by atoms with Crippen molar-refractivity contribution in [1.82, 2.24) is 10.2 Å². The Morgan fingerprint density at radius 2 is 1.79 bits per heavy atom. The van der Waals surface area contributed by atoms with Crippen LogP contribution in [0.15, 0.2) is 24.3 Å². The minimum atomic E-state index is -1.10. The average molecular weight is 332 g/mol. The number of unbranched alkanes of at least 4 members (excludes halogenated alkanes) is 1. The highest BCUT2D eigenvalue weighted by Crippen LogP contribution is 2.17. The summed E-state index contributed by atoms with van der Waals surface area (Å²) in [7, 11) is 0. The summed E-state index contributed by atoms with van der Waals surface area (Å²) < 4.78 is 0. The van der Waals surface area contributed by atoms with E-state index in [2.05, 4.69) is 5.32 Å². The van der Waals surface area contributed by atoms with Crippen molar-refractivity contribution in [3.63, 3.8) is 0 Å². The summed E-state index contributed by atoms with van der Waals surface area (Å²) in [6.45, 7) is 3.09. The lowest BCUT2D eigenvalue weighted by atomic mass is 10.0. The largest absolute Gasteiger partial charge is 0.478 e. The van der Waals surface area contributed by atoms with Gasteiger partial charge in [-0.25, -0.2) is 4.79 Å². The van der Waals surface area contributed by atoms with E-state index in [0.29, 0.717) is 32.4 Å². The van der Waals surface area contributed by atoms with Gasteiger partial charge in [0.15, 0.2) is 0 Å². The van der Waals surface area contributed by atoms with Gasteiger partial charge < -0.3 is 15.3 Å². The van der Waals surface area contributed by atoms with Crippen molar-refractivity contribution >= 4 is 17.8 Å². The maximum atomic E-state index is 12.6. The SMILES string of the molecule is CCCCC(=O)NC1CCN(C(=O)c2ccccc2C(=O)O)CC1. The Hall–Kier alpha value is -2.37. The first kappa shape index (κ1) is 18.0. The van der Waals surface area contributed by atoms with Crippen LogP contribution in [0.3, 0.4) is 0 Å². The van der Waals surface area contributed by atoms with Gasteiger partial charge in [0.2, 0.25) is 5.91 Å². The molecule has 1 aromatic rings. The van der Waals surface area contributed by atoms with E-state index in [4.69, 9.17) is 0 Å². The highest BCUT2D eigenvalue weighted by Gasteiger charge is 2.26. The van der Waals surface area contributed by atoms with Crippen LogP contribution in [-0.4, -0.2) is 46.9 Å². The van der Waals surface area contributed by atoms with Gasteiger partial charge in [-0.2, -0.15) is 0 Å². The molecule has 1 aromatic carbocycles. The van der Waals surface area contributed by atoms with E-state index in [1.807, 2.05) is 6.92 Å². The van der Waals surface area contributed by atoms with E-state index < -0.39 is 5.97 Å². The van der Waals surface area contributed by atoms with Crippen molar-refractivity contribution in [2.45, 2.75) is 45.1 Å². The highest BCUT2D eigenvalue weighted by atomic mass is 16.4. The third-order valence-corrected chi connectivity index (χ3v) is 4.29. The second-order valence-electron chi connectivity index (χ2n) is 6.09. The first-order valence-electron chi connectivity index (χ1n) is 8.44. The zero-order chi connectivity index (χ0) is 17.5. The zero-order valence-electron chi connectivity index (χ0n) is 14.0. The Balaban J connectivity index is 1.92. The molecule has 6 nitrogen and oxygen atoms in total. The van der Waals surface area contributed by atoms with Crippen LogP contribution < -0.4 is 5.32 Å². The standard InChI is InChI=1S/C18H24N2O4/c1-2-3-8-16(21)19-13-9-11-20(12-10-13)17(22)14-6-4-5-7-15(14)18(23)24/h4-7,13H,2-3,8-12H2,1H3,(H,19,21)(H,23,24). The molecule has 1 aliphatic heterocycles. The first-order chi connectivity index (χ1) is 11.5. The molecule has 1 aliphatic rings. The Bertz CT molecular complexity index is 607. The molecule has 0 radical (unpaired) electrons. The number of hydrogen-bond acceptors (Lipinski definition) is 3. The van der Waals surface area contributed by atoms with Gasteiger partial charge in [-0.15, -0.1) is 0 Å². The van der Waals surface area contributed by atoms with Crippen LogP contribution in [0.2, 0.25) is 0 Å². The summed E-state index contributed by atoms with van der Waals surface area (Å²) in [5.74, 6) is -1.29. The molecule has 2 N–H and O–H groups in total. The van der Waals surface area contributed by atoms with Crippen molar-refractivity contribution in [1.29, 1.82) is 0 Å². The molecule has 1 heterocycles. The molecule has 2 amide bonds. The molecular formula is C18H24N2O4. The fourth-order valence-electron chi connectivity index (χ4n) is 2.89. The lowest BCUT2D eigenvalue weighted by molar-refractivity contribution is -0.122. The smallest absolute Gasteiger partial charge is 0.336 e. The van der Waals surface area contributed by atoms with Crippen molar-refractivity contribution in [3.05, 3.63) is 35.4 Å². The van der Waals surface area contributed by atoms with Crippen molar-refractivity contribution in [2.75, 3.05) is 13.1 Å². The third kappa shape index (κ3) is 4.57. The van der Waals surface area contributed by atoms with Crippen LogP contribution in [0, 0.1) is 0 Å². The van der Waals surface area contributed by atoms with E-state index in [1.54, 1.807) is 23.1 Å². The highest BCUT2D eigenvalue weighted by molar-refractivity contribution is 6.04. The molecule has 0 saturated carbocycles. The summed E-state index contributed by atoms with van der Waals surface area (Å²) in [5.41, 5.74) is 0.243. The molecule has 0 atom stereocenters. The summed E-state index contributed by atoms with van der Waals surface area (Å²) in [5, 5.41) is 12.2. The van der Waals surface area contributed by atoms with Crippen LogP contribution in [0.5, 0.6) is 0 Å². The summed E-state index contributed by atoms with van der Waals surface area (Å²) in [4.78, 5) is 37.3. The zero-order valence-corrected chi connectivity index (χ0v) is 14.0. The predicted molar refractivity (Wildman–Crippen MR) is 90.0 cm³/mol. The fourth-order valence-corrected chi connectivity index (χ4v) is 2.89. The number of hydrogen-bond donors (Lipinski definition) is 2. The number of benzene rings is 1. The van der Waals surface area contributed by atoms with Gasteiger partial charge >= 0.3 is 5.97 Å². The monoisotopic (exact) mass is 332 g/mol. The van der Waals surface area contributed by atoms with E-state index in [1.165, 1.54) is 6.07 Å². The van der Waals surface area contributed by atoms with Gasteiger partial charge in [-0.1, -0.05) is 25.5 Å². The molecule has 0 aliphatic carbocycles. The Kier molecular flexibility index (Phi) is 6.35. The van der Waals surface area contributed by atoms with Gasteiger partial charge in [0, 0.05) is 25.6 Å². The molecule has 24 heavy (non-hydrogen) atoms. The summed E-state index contributed by atoms with van der Waals surface area (Å²) in [6, 6.07) is 6.35. The molecule has 0 spiro atoms. The molecule has 1 saturated heterocycles. The summed E-state index contributed by atoms with van der Waals surface area (Å²) in [6.07, 6.45) is 3.80. The topological polar surface area (TPSA) is 86.7 Å². The van der Waals surface area contributed by atoms with Crippen molar-refractivity contribution in [3.8, 4) is 0 Å². The lowest BCUT2D eigenvalue weighted by Crippen LogP contribution is -2.46. The number of rotatable bonds is 6. The third-order valence-electron chi connectivity index (χ3n) is 4.29. The van der Waals surface area contributed by atoms with Crippen molar-refractivity contribution in [2.24, 2.45) is 0 Å². The normalized spacial score (nSPS) is 15.1. The van der Waals surface area contributed by atoms with E-state index in [0.717, 1.165) is 12.8 Å². The molecule has 0 bridgehead atoms. The number of piperidine rings is 1. The van der Waals surface area contributed by atoms with Gasteiger partial charge in [-0.05, 0) is 31.4 Å².